The van der Waals surface area contributed by atoms with Crippen LogP contribution in [0.5, 0.6) is 0 Å². The van der Waals surface area contributed by atoms with Crippen LogP contribution in [0.25, 0.3) is 11.3 Å². The van der Waals surface area contributed by atoms with Crippen molar-refractivity contribution in [3.63, 3.8) is 0 Å². The third-order valence-corrected chi connectivity index (χ3v) is 5.33. The molecule has 1 aromatic heterocycles. The molecule has 1 aliphatic heterocycles. The summed E-state index contributed by atoms with van der Waals surface area (Å²) in [5, 5.41) is 5.38. The van der Waals surface area contributed by atoms with Crippen LogP contribution in [0.15, 0.2) is 29.6 Å². The summed E-state index contributed by atoms with van der Waals surface area (Å²) in [6, 6.07) is 8.34. The van der Waals surface area contributed by atoms with Crippen molar-refractivity contribution >= 4 is 28.3 Å². The SMILES string of the molecule is CCN1CC(C(=O)Nc2nc(-c3ccc(C(C)C)cc3)cs2)CC1=O. The first kappa shape index (κ1) is 17.6. The van der Waals surface area contributed by atoms with Crippen molar-refractivity contribution in [2.75, 3.05) is 18.4 Å². The molecule has 1 unspecified atom stereocenters. The molecule has 0 radical (unpaired) electrons. The molecule has 1 saturated heterocycles. The second-order valence-corrected chi connectivity index (χ2v) is 7.50. The Morgan fingerprint density at radius 2 is 2.08 bits per heavy atom. The monoisotopic (exact) mass is 357 g/mol. The Labute approximate surface area is 152 Å². The minimum absolute atomic E-state index is 0.0488. The van der Waals surface area contributed by atoms with Crippen molar-refractivity contribution in [3.8, 4) is 11.3 Å². The number of hydrogen-bond donors (Lipinski definition) is 1. The van der Waals surface area contributed by atoms with E-state index in [1.54, 1.807) is 4.90 Å². The zero-order valence-electron chi connectivity index (χ0n) is 14.8. The topological polar surface area (TPSA) is 62.3 Å². The van der Waals surface area contributed by atoms with E-state index in [0.29, 0.717) is 24.1 Å². The molecule has 1 aromatic carbocycles. The summed E-state index contributed by atoms with van der Waals surface area (Å²) in [7, 11) is 0. The number of anilines is 1. The predicted molar refractivity (Wildman–Crippen MR) is 101 cm³/mol. The van der Waals surface area contributed by atoms with Gasteiger partial charge in [0.25, 0.3) is 0 Å². The Morgan fingerprint density at radius 3 is 2.68 bits per heavy atom. The minimum atomic E-state index is -0.287. The van der Waals surface area contributed by atoms with E-state index in [4.69, 9.17) is 0 Å². The lowest BCUT2D eigenvalue weighted by molar-refractivity contribution is -0.128. The number of nitrogens with one attached hydrogen (secondary N) is 1. The number of likely N-dealkylation sites (tertiary alicyclic amines) is 1. The third kappa shape index (κ3) is 3.90. The Hall–Kier alpha value is -2.21. The molecule has 2 amide bonds. The van der Waals surface area contributed by atoms with Gasteiger partial charge in [0.05, 0.1) is 11.6 Å². The van der Waals surface area contributed by atoms with E-state index in [1.807, 2.05) is 12.3 Å². The Morgan fingerprint density at radius 1 is 1.36 bits per heavy atom. The van der Waals surface area contributed by atoms with Crippen LogP contribution in [0.4, 0.5) is 5.13 Å². The highest BCUT2D eigenvalue weighted by Gasteiger charge is 2.33. The maximum Gasteiger partial charge on any atom is 0.231 e. The second kappa shape index (κ2) is 7.35. The lowest BCUT2D eigenvalue weighted by atomic mass is 10.0. The summed E-state index contributed by atoms with van der Waals surface area (Å²) < 4.78 is 0. The molecule has 1 fully saturated rings. The van der Waals surface area contributed by atoms with Gasteiger partial charge >= 0.3 is 0 Å². The number of amides is 2. The summed E-state index contributed by atoms with van der Waals surface area (Å²) in [5.41, 5.74) is 3.18. The Kier molecular flexibility index (Phi) is 5.18. The molecular weight excluding hydrogens is 334 g/mol. The number of aromatic nitrogens is 1. The molecule has 2 heterocycles. The van der Waals surface area contributed by atoms with Crippen molar-refractivity contribution < 1.29 is 9.59 Å². The molecule has 0 bridgehead atoms. The highest BCUT2D eigenvalue weighted by atomic mass is 32.1. The molecule has 0 spiro atoms. The molecule has 6 heteroatoms. The number of hydrogen-bond acceptors (Lipinski definition) is 4. The molecule has 1 N–H and O–H groups in total. The van der Waals surface area contributed by atoms with Gasteiger partial charge in [-0.2, -0.15) is 0 Å². The lowest BCUT2D eigenvalue weighted by Crippen LogP contribution is -2.28. The number of rotatable bonds is 5. The standard InChI is InChI=1S/C19H23N3O2S/c1-4-22-10-15(9-17(22)23)18(24)21-19-20-16(11-25-19)14-7-5-13(6-8-14)12(2)3/h5-8,11-12,15H,4,9-10H2,1-3H3,(H,20,21,24). The fraction of sp³-hybridized carbons (Fsp3) is 0.421. The number of thiazole rings is 1. The van der Waals surface area contributed by atoms with Crippen LogP contribution in [0.1, 0.15) is 38.7 Å². The normalized spacial score (nSPS) is 17.4. The molecular formula is C19H23N3O2S. The summed E-state index contributed by atoms with van der Waals surface area (Å²) in [5.74, 6) is 0.134. The quantitative estimate of drug-likeness (QED) is 0.887. The summed E-state index contributed by atoms with van der Waals surface area (Å²) in [6.45, 7) is 7.40. The van der Waals surface area contributed by atoms with Crippen LogP contribution in [-0.2, 0) is 9.59 Å². The molecule has 0 aliphatic carbocycles. The average molecular weight is 357 g/mol. The van der Waals surface area contributed by atoms with Crippen molar-refractivity contribution in [1.82, 2.24) is 9.88 Å². The van der Waals surface area contributed by atoms with E-state index in [9.17, 15) is 9.59 Å². The smallest absolute Gasteiger partial charge is 0.231 e. The van der Waals surface area contributed by atoms with Gasteiger partial charge in [0.15, 0.2) is 5.13 Å². The van der Waals surface area contributed by atoms with E-state index in [2.05, 4.69) is 48.4 Å². The minimum Gasteiger partial charge on any atom is -0.342 e. The van der Waals surface area contributed by atoms with Gasteiger partial charge in [-0.25, -0.2) is 4.98 Å². The Bertz CT molecular complexity index is 767. The third-order valence-electron chi connectivity index (χ3n) is 4.57. The van der Waals surface area contributed by atoms with E-state index in [-0.39, 0.29) is 24.2 Å². The van der Waals surface area contributed by atoms with Crippen LogP contribution < -0.4 is 5.32 Å². The lowest BCUT2D eigenvalue weighted by Gasteiger charge is -2.12. The van der Waals surface area contributed by atoms with Crippen LogP contribution in [0, 0.1) is 5.92 Å². The zero-order chi connectivity index (χ0) is 18.0. The molecule has 3 rings (SSSR count). The first-order valence-electron chi connectivity index (χ1n) is 8.62. The first-order chi connectivity index (χ1) is 12.0. The Balaban J connectivity index is 1.65. The number of nitrogens with zero attached hydrogens (tertiary/aromatic N) is 2. The van der Waals surface area contributed by atoms with Gasteiger partial charge < -0.3 is 10.2 Å². The zero-order valence-corrected chi connectivity index (χ0v) is 15.6. The highest BCUT2D eigenvalue weighted by molar-refractivity contribution is 7.14. The fourth-order valence-electron chi connectivity index (χ4n) is 2.96. The van der Waals surface area contributed by atoms with Gasteiger partial charge in [0, 0.05) is 30.5 Å². The average Bonchev–Trinajstić information content (AvgIpc) is 3.21. The first-order valence-corrected chi connectivity index (χ1v) is 9.50. The second-order valence-electron chi connectivity index (χ2n) is 6.64. The molecule has 2 aromatic rings. The summed E-state index contributed by atoms with van der Waals surface area (Å²) in [4.78, 5) is 30.4. The number of carbonyl (C=O) groups is 2. The van der Waals surface area contributed by atoms with Gasteiger partial charge in [-0.05, 0) is 18.4 Å². The molecule has 25 heavy (non-hydrogen) atoms. The largest absolute Gasteiger partial charge is 0.342 e. The van der Waals surface area contributed by atoms with Crippen molar-refractivity contribution in [1.29, 1.82) is 0 Å². The number of benzene rings is 1. The highest BCUT2D eigenvalue weighted by Crippen LogP contribution is 2.27. The van der Waals surface area contributed by atoms with Gasteiger partial charge in [-0.15, -0.1) is 11.3 Å². The van der Waals surface area contributed by atoms with E-state index in [1.165, 1.54) is 16.9 Å². The van der Waals surface area contributed by atoms with Crippen molar-refractivity contribution in [3.05, 3.63) is 35.2 Å². The maximum absolute atomic E-state index is 12.4. The van der Waals surface area contributed by atoms with Crippen LogP contribution in [0.2, 0.25) is 0 Å². The molecule has 132 valence electrons. The van der Waals surface area contributed by atoms with E-state index < -0.39 is 0 Å². The van der Waals surface area contributed by atoms with Crippen LogP contribution >= 0.6 is 11.3 Å². The van der Waals surface area contributed by atoms with E-state index >= 15 is 0 Å². The molecule has 1 atom stereocenters. The van der Waals surface area contributed by atoms with Gasteiger partial charge in [0.1, 0.15) is 0 Å². The maximum atomic E-state index is 12.4. The van der Waals surface area contributed by atoms with Gasteiger partial charge in [0.2, 0.25) is 11.8 Å². The van der Waals surface area contributed by atoms with E-state index in [0.717, 1.165) is 11.3 Å². The molecule has 5 nitrogen and oxygen atoms in total. The van der Waals surface area contributed by atoms with Crippen molar-refractivity contribution in [2.24, 2.45) is 5.92 Å². The summed E-state index contributed by atoms with van der Waals surface area (Å²) in [6.07, 6.45) is 0.286. The van der Waals surface area contributed by atoms with Crippen molar-refractivity contribution in [2.45, 2.75) is 33.1 Å². The van der Waals surface area contributed by atoms with Crippen LogP contribution in [-0.4, -0.2) is 34.8 Å². The molecule has 1 aliphatic rings. The molecule has 0 saturated carbocycles. The van der Waals surface area contributed by atoms with Crippen LogP contribution in [0.3, 0.4) is 0 Å². The van der Waals surface area contributed by atoms with Gasteiger partial charge in [-0.3, -0.25) is 9.59 Å². The number of carbonyl (C=O) groups excluding carboxylic acids is 2. The fourth-order valence-corrected chi connectivity index (χ4v) is 3.69. The predicted octanol–water partition coefficient (Wildman–Crippen LogP) is 3.74. The van der Waals surface area contributed by atoms with Gasteiger partial charge in [-0.1, -0.05) is 38.1 Å². The summed E-state index contributed by atoms with van der Waals surface area (Å²) >= 11 is 1.41.